The Bertz CT molecular complexity index is 1060. The minimum absolute atomic E-state index is 0.0367. The quantitative estimate of drug-likeness (QED) is 0.533. The van der Waals surface area contributed by atoms with Crippen molar-refractivity contribution in [2.45, 2.75) is 38.1 Å². The molecule has 0 unspecified atom stereocenters. The van der Waals surface area contributed by atoms with Crippen molar-refractivity contribution in [3.8, 4) is 0 Å². The molecular weight excluding hydrogens is 442 g/mol. The van der Waals surface area contributed by atoms with Crippen LogP contribution >= 0.6 is 0 Å². The van der Waals surface area contributed by atoms with Gasteiger partial charge in [0.2, 0.25) is 10.0 Å². The van der Waals surface area contributed by atoms with Crippen molar-refractivity contribution in [1.29, 1.82) is 0 Å². The van der Waals surface area contributed by atoms with E-state index in [9.17, 15) is 18.0 Å². The molecule has 178 valence electrons. The molecule has 0 spiro atoms. The molecule has 0 radical (unpaired) electrons. The van der Waals surface area contributed by atoms with Gasteiger partial charge >= 0.3 is 5.97 Å². The number of anilines is 1. The molecule has 1 heterocycles. The van der Waals surface area contributed by atoms with Crippen molar-refractivity contribution in [3.05, 3.63) is 59.7 Å². The summed E-state index contributed by atoms with van der Waals surface area (Å²) in [5, 5.41) is 2.71. The predicted octanol–water partition coefficient (Wildman–Crippen LogP) is 2.79. The van der Waals surface area contributed by atoms with Crippen molar-refractivity contribution < 1.29 is 22.7 Å². The van der Waals surface area contributed by atoms with Crippen LogP contribution in [0.2, 0.25) is 0 Å². The lowest BCUT2D eigenvalue weighted by Crippen LogP contribution is -2.31. The molecule has 0 bridgehead atoms. The van der Waals surface area contributed by atoms with Crippen LogP contribution in [0.4, 0.5) is 5.69 Å². The molecule has 2 aromatic rings. The zero-order valence-corrected chi connectivity index (χ0v) is 19.9. The van der Waals surface area contributed by atoms with Crippen LogP contribution in [-0.4, -0.2) is 57.4 Å². The lowest BCUT2D eigenvalue weighted by atomic mass is 10.1. The van der Waals surface area contributed by atoms with E-state index in [4.69, 9.17) is 4.74 Å². The van der Waals surface area contributed by atoms with E-state index in [2.05, 4.69) is 5.32 Å². The summed E-state index contributed by atoms with van der Waals surface area (Å²) in [4.78, 5) is 27.2. The number of esters is 1. The summed E-state index contributed by atoms with van der Waals surface area (Å²) in [6.07, 6.45) is 1.99. The van der Waals surface area contributed by atoms with Gasteiger partial charge < -0.3 is 15.0 Å². The van der Waals surface area contributed by atoms with Crippen LogP contribution < -0.4 is 10.2 Å². The zero-order valence-electron chi connectivity index (χ0n) is 19.1. The molecular formula is C24H31N3O5S. The lowest BCUT2D eigenvalue weighted by molar-refractivity contribution is -0.124. The molecule has 8 nitrogen and oxygen atoms in total. The molecule has 33 heavy (non-hydrogen) atoms. The number of hydrogen-bond donors (Lipinski definition) is 1. The Labute approximate surface area is 195 Å². The fraction of sp³-hybridized carbons (Fsp3) is 0.417. The summed E-state index contributed by atoms with van der Waals surface area (Å²) in [7, 11) is -3.74. The molecule has 0 saturated carbocycles. The first-order chi connectivity index (χ1) is 15.9. The first-order valence-electron chi connectivity index (χ1n) is 11.2. The van der Waals surface area contributed by atoms with Gasteiger partial charge in [0.15, 0.2) is 6.61 Å². The smallest absolute Gasteiger partial charge is 0.340 e. The number of sulfonamides is 1. The van der Waals surface area contributed by atoms with E-state index < -0.39 is 28.5 Å². The van der Waals surface area contributed by atoms with Crippen molar-refractivity contribution in [2.75, 3.05) is 37.7 Å². The van der Waals surface area contributed by atoms with Crippen LogP contribution in [0.25, 0.3) is 0 Å². The van der Waals surface area contributed by atoms with Crippen molar-refractivity contribution in [1.82, 2.24) is 9.62 Å². The van der Waals surface area contributed by atoms with Crippen LogP contribution in [0, 0.1) is 0 Å². The number of carbonyl (C=O) groups is 2. The number of carbonyl (C=O) groups excluding carboxylic acids is 2. The van der Waals surface area contributed by atoms with E-state index in [1.165, 1.54) is 16.4 Å². The van der Waals surface area contributed by atoms with Gasteiger partial charge in [0.05, 0.1) is 16.1 Å². The highest BCUT2D eigenvalue weighted by molar-refractivity contribution is 7.89. The number of nitrogens with zero attached hydrogens (tertiary/aromatic N) is 2. The van der Waals surface area contributed by atoms with Gasteiger partial charge in [-0.25, -0.2) is 13.2 Å². The summed E-state index contributed by atoms with van der Waals surface area (Å²) >= 11 is 0. The molecule has 1 saturated heterocycles. The molecule has 1 aliphatic rings. The molecule has 0 aliphatic carbocycles. The Morgan fingerprint density at radius 2 is 1.70 bits per heavy atom. The second-order valence-corrected chi connectivity index (χ2v) is 9.74. The monoisotopic (exact) mass is 473 g/mol. The molecule has 1 fully saturated rings. The van der Waals surface area contributed by atoms with Gasteiger partial charge in [0.1, 0.15) is 0 Å². The van der Waals surface area contributed by atoms with E-state index >= 15 is 0 Å². The fourth-order valence-corrected chi connectivity index (χ4v) is 5.33. The number of benzene rings is 2. The first-order valence-corrected chi connectivity index (χ1v) is 12.7. The molecule has 2 aromatic carbocycles. The number of rotatable bonds is 10. The van der Waals surface area contributed by atoms with E-state index in [0.29, 0.717) is 25.3 Å². The summed E-state index contributed by atoms with van der Waals surface area (Å²) in [6.45, 7) is 5.62. The van der Waals surface area contributed by atoms with Gasteiger partial charge in [0, 0.05) is 32.7 Å². The van der Waals surface area contributed by atoms with Crippen LogP contribution in [0.5, 0.6) is 0 Å². The topological polar surface area (TPSA) is 96.0 Å². The Morgan fingerprint density at radius 1 is 1.03 bits per heavy atom. The molecule has 9 heteroatoms. The number of hydrogen-bond acceptors (Lipinski definition) is 6. The molecule has 1 amide bonds. The van der Waals surface area contributed by atoms with E-state index in [-0.39, 0.29) is 10.5 Å². The van der Waals surface area contributed by atoms with Crippen molar-refractivity contribution >= 4 is 27.6 Å². The van der Waals surface area contributed by atoms with Gasteiger partial charge in [-0.2, -0.15) is 4.31 Å². The zero-order chi connectivity index (χ0) is 23.8. The van der Waals surface area contributed by atoms with Gasteiger partial charge in [-0.15, -0.1) is 0 Å². The van der Waals surface area contributed by atoms with E-state index in [1.807, 2.05) is 35.2 Å². The summed E-state index contributed by atoms with van der Waals surface area (Å²) in [6, 6.07) is 14.0. The average molecular weight is 474 g/mol. The maximum absolute atomic E-state index is 13.0. The Morgan fingerprint density at radius 3 is 2.33 bits per heavy atom. The van der Waals surface area contributed by atoms with Gasteiger partial charge in [-0.05, 0) is 36.6 Å². The average Bonchev–Trinajstić information content (AvgIpc) is 3.37. The Balaban J connectivity index is 1.76. The lowest BCUT2D eigenvalue weighted by Gasteiger charge is -2.23. The minimum Gasteiger partial charge on any atom is -0.452 e. The molecule has 0 atom stereocenters. The van der Waals surface area contributed by atoms with Gasteiger partial charge in [0.25, 0.3) is 5.91 Å². The molecule has 1 N–H and O–H groups in total. The van der Waals surface area contributed by atoms with E-state index in [0.717, 1.165) is 31.5 Å². The highest BCUT2D eigenvalue weighted by atomic mass is 32.2. The molecule has 3 rings (SSSR count). The summed E-state index contributed by atoms with van der Waals surface area (Å²) in [5.41, 5.74) is 1.71. The summed E-state index contributed by atoms with van der Waals surface area (Å²) < 4.78 is 32.6. The second-order valence-electron chi connectivity index (χ2n) is 7.80. The fourth-order valence-electron chi connectivity index (χ4n) is 3.84. The van der Waals surface area contributed by atoms with Crippen LogP contribution in [0.15, 0.2) is 53.4 Å². The maximum atomic E-state index is 13.0. The van der Waals surface area contributed by atoms with Crippen LogP contribution in [-0.2, 0) is 26.1 Å². The van der Waals surface area contributed by atoms with Crippen molar-refractivity contribution in [2.24, 2.45) is 0 Å². The number of ether oxygens (including phenoxy) is 1. The molecule has 0 aromatic heterocycles. The maximum Gasteiger partial charge on any atom is 0.340 e. The first kappa shape index (κ1) is 24.7. The van der Waals surface area contributed by atoms with Gasteiger partial charge in [-0.1, -0.05) is 44.2 Å². The highest BCUT2D eigenvalue weighted by Gasteiger charge is 2.27. The third-order valence-corrected chi connectivity index (χ3v) is 7.69. The Kier molecular flexibility index (Phi) is 8.46. The Hall–Kier alpha value is -2.91. The largest absolute Gasteiger partial charge is 0.452 e. The minimum atomic E-state index is -3.74. The van der Waals surface area contributed by atoms with Crippen molar-refractivity contribution in [3.63, 3.8) is 0 Å². The second kappa shape index (κ2) is 11.3. The molecule has 1 aliphatic heterocycles. The van der Waals surface area contributed by atoms with Crippen LogP contribution in [0.1, 0.15) is 42.6 Å². The number of amides is 1. The third-order valence-electron chi connectivity index (χ3n) is 5.64. The predicted molar refractivity (Wildman–Crippen MR) is 127 cm³/mol. The third kappa shape index (κ3) is 6.11. The standard InChI is InChI=1S/C24H31N3O5S/c1-3-27(4-2)33(30,31)20-12-13-22(26-14-8-9-15-26)21(16-20)24(29)32-18-23(28)25-17-19-10-6-5-7-11-19/h5-7,10-13,16H,3-4,8-9,14-15,17-18H2,1-2H3,(H,25,28). The normalized spacial score (nSPS) is 13.8. The van der Waals surface area contributed by atoms with E-state index in [1.54, 1.807) is 19.9 Å². The number of nitrogens with one attached hydrogen (secondary N) is 1. The van der Waals surface area contributed by atoms with Gasteiger partial charge in [-0.3, -0.25) is 4.79 Å². The highest BCUT2D eigenvalue weighted by Crippen LogP contribution is 2.29. The summed E-state index contributed by atoms with van der Waals surface area (Å²) in [5.74, 6) is -1.15. The SMILES string of the molecule is CCN(CC)S(=O)(=O)c1ccc(N2CCCC2)c(C(=O)OCC(=O)NCc2ccccc2)c1. The van der Waals surface area contributed by atoms with Crippen LogP contribution in [0.3, 0.4) is 0 Å².